The van der Waals surface area contributed by atoms with Crippen molar-refractivity contribution in [1.29, 1.82) is 0 Å². The lowest BCUT2D eigenvalue weighted by molar-refractivity contribution is -0.113. The molecule has 3 aromatic rings. The van der Waals surface area contributed by atoms with Gasteiger partial charge in [-0.3, -0.25) is 4.79 Å². The van der Waals surface area contributed by atoms with Crippen molar-refractivity contribution in [2.45, 2.75) is 35.4 Å². The molecule has 0 aliphatic carbocycles. The Hall–Kier alpha value is -1.94. The summed E-state index contributed by atoms with van der Waals surface area (Å²) in [6.45, 7) is 2.96. The number of rotatable bonds is 6. The number of para-hydroxylation sites is 1. The molecule has 2 heterocycles. The summed E-state index contributed by atoms with van der Waals surface area (Å²) in [4.78, 5) is 17.3. The van der Waals surface area contributed by atoms with Crippen molar-refractivity contribution in [3.8, 4) is 0 Å². The van der Waals surface area contributed by atoms with Crippen LogP contribution in [0.2, 0.25) is 0 Å². The maximum absolute atomic E-state index is 12.9. The Morgan fingerprint density at radius 2 is 1.93 bits per heavy atom. The number of carbonyl (C=O) groups is 1. The largest absolute Gasteiger partial charge is 0.325 e. The molecule has 4 rings (SSSR count). The number of fused-ring (bicyclic) bond motifs is 1. The van der Waals surface area contributed by atoms with Gasteiger partial charge in [0.05, 0.1) is 20.9 Å². The van der Waals surface area contributed by atoms with Crippen LogP contribution in [-0.4, -0.2) is 42.5 Å². The maximum Gasteiger partial charge on any atom is 0.243 e. The highest BCUT2D eigenvalue weighted by Crippen LogP contribution is 2.30. The quantitative estimate of drug-likeness (QED) is 0.547. The fraction of sp³-hybridized carbons (Fsp3) is 0.333. The van der Waals surface area contributed by atoms with Crippen molar-refractivity contribution < 1.29 is 13.2 Å². The molecule has 1 aromatic heterocycles. The standard InChI is InChI=1S/C21H23N3O3S3/c1-15-9-10-16(30(26,27)24-11-5-2-6-12-24)13-18(15)22-20(25)14-28-21-23-17-7-3-4-8-19(17)29-21/h3-4,7-10,13H,2,5-6,11-12,14H2,1H3,(H,22,25). The van der Waals surface area contributed by atoms with Crippen LogP contribution < -0.4 is 5.32 Å². The number of carbonyl (C=O) groups excluding carboxylic acids is 1. The van der Waals surface area contributed by atoms with Gasteiger partial charge in [0.25, 0.3) is 0 Å². The van der Waals surface area contributed by atoms with Crippen molar-refractivity contribution >= 4 is 54.9 Å². The van der Waals surface area contributed by atoms with E-state index in [-0.39, 0.29) is 16.6 Å². The van der Waals surface area contributed by atoms with E-state index in [0.29, 0.717) is 18.8 Å². The Morgan fingerprint density at radius 1 is 1.17 bits per heavy atom. The van der Waals surface area contributed by atoms with Crippen LogP contribution in [-0.2, 0) is 14.8 Å². The molecule has 0 bridgehead atoms. The molecule has 0 unspecified atom stereocenters. The van der Waals surface area contributed by atoms with Crippen LogP contribution in [0.1, 0.15) is 24.8 Å². The third-order valence-electron chi connectivity index (χ3n) is 5.04. The molecule has 2 aromatic carbocycles. The molecule has 30 heavy (non-hydrogen) atoms. The summed E-state index contributed by atoms with van der Waals surface area (Å²) in [5, 5.41) is 2.86. The first kappa shape index (κ1) is 21.3. The number of anilines is 1. The molecule has 1 aliphatic rings. The fourth-order valence-corrected chi connectivity index (χ4v) is 6.79. The predicted octanol–water partition coefficient (Wildman–Crippen LogP) is 4.51. The van der Waals surface area contributed by atoms with E-state index in [1.807, 2.05) is 31.2 Å². The minimum absolute atomic E-state index is 0.185. The first-order valence-electron chi connectivity index (χ1n) is 9.82. The second-order valence-electron chi connectivity index (χ2n) is 7.23. The molecule has 1 N–H and O–H groups in total. The number of benzene rings is 2. The van der Waals surface area contributed by atoms with Crippen molar-refractivity contribution in [1.82, 2.24) is 9.29 Å². The molecule has 9 heteroatoms. The second kappa shape index (κ2) is 9.05. The molecule has 0 spiro atoms. The molecule has 6 nitrogen and oxygen atoms in total. The molecule has 158 valence electrons. The second-order valence-corrected chi connectivity index (χ2v) is 11.4. The Morgan fingerprint density at radius 3 is 2.70 bits per heavy atom. The first-order chi connectivity index (χ1) is 14.4. The summed E-state index contributed by atoms with van der Waals surface area (Å²) in [5.74, 6) is 0.0254. The third kappa shape index (κ3) is 4.69. The Labute approximate surface area is 184 Å². The van der Waals surface area contributed by atoms with E-state index < -0.39 is 10.0 Å². The van der Waals surface area contributed by atoms with Crippen LogP contribution in [0.5, 0.6) is 0 Å². The Balaban J connectivity index is 1.44. The van der Waals surface area contributed by atoms with Gasteiger partial charge >= 0.3 is 0 Å². The monoisotopic (exact) mass is 461 g/mol. The number of aryl methyl sites for hydroxylation is 1. The van der Waals surface area contributed by atoms with E-state index in [9.17, 15) is 13.2 Å². The number of aromatic nitrogens is 1. The fourth-order valence-electron chi connectivity index (χ4n) is 3.38. The highest BCUT2D eigenvalue weighted by atomic mass is 32.2. The van der Waals surface area contributed by atoms with Gasteiger partial charge in [0.1, 0.15) is 0 Å². The number of piperidine rings is 1. The highest BCUT2D eigenvalue weighted by molar-refractivity contribution is 8.01. The zero-order valence-corrected chi connectivity index (χ0v) is 19.1. The topological polar surface area (TPSA) is 79.4 Å². The SMILES string of the molecule is Cc1ccc(S(=O)(=O)N2CCCCC2)cc1NC(=O)CSc1nc2ccccc2s1. The molecule has 1 aliphatic heterocycles. The van der Waals surface area contributed by atoms with Crippen LogP contribution in [0, 0.1) is 6.92 Å². The van der Waals surface area contributed by atoms with Crippen LogP contribution in [0.25, 0.3) is 10.2 Å². The molecule has 0 radical (unpaired) electrons. The maximum atomic E-state index is 12.9. The molecule has 1 amide bonds. The van der Waals surface area contributed by atoms with Gasteiger partial charge in [0.2, 0.25) is 15.9 Å². The van der Waals surface area contributed by atoms with Gasteiger partial charge in [-0.25, -0.2) is 13.4 Å². The van der Waals surface area contributed by atoms with E-state index in [4.69, 9.17) is 0 Å². The highest BCUT2D eigenvalue weighted by Gasteiger charge is 2.26. The van der Waals surface area contributed by atoms with Crippen LogP contribution in [0.15, 0.2) is 51.7 Å². The van der Waals surface area contributed by atoms with E-state index in [1.54, 1.807) is 29.5 Å². The van der Waals surface area contributed by atoms with Gasteiger partial charge in [-0.2, -0.15) is 4.31 Å². The lowest BCUT2D eigenvalue weighted by atomic mass is 10.2. The first-order valence-corrected chi connectivity index (χ1v) is 13.1. The number of nitrogens with one attached hydrogen (secondary N) is 1. The molecular weight excluding hydrogens is 438 g/mol. The summed E-state index contributed by atoms with van der Waals surface area (Å²) < 4.78 is 29.3. The molecular formula is C21H23N3O3S3. The van der Waals surface area contributed by atoms with Crippen LogP contribution >= 0.6 is 23.1 Å². The Bertz CT molecular complexity index is 1140. The van der Waals surface area contributed by atoms with E-state index >= 15 is 0 Å². The summed E-state index contributed by atoms with van der Waals surface area (Å²) >= 11 is 2.94. The van der Waals surface area contributed by atoms with Gasteiger partial charge in [-0.15, -0.1) is 11.3 Å². The molecule has 1 fully saturated rings. The smallest absolute Gasteiger partial charge is 0.243 e. The van der Waals surface area contributed by atoms with Crippen LogP contribution in [0.3, 0.4) is 0 Å². The van der Waals surface area contributed by atoms with Crippen LogP contribution in [0.4, 0.5) is 5.69 Å². The lowest BCUT2D eigenvalue weighted by Crippen LogP contribution is -2.35. The van der Waals surface area contributed by atoms with Crippen molar-refractivity contribution in [3.05, 3.63) is 48.0 Å². The molecule has 0 atom stereocenters. The van der Waals surface area contributed by atoms with Gasteiger partial charge in [-0.05, 0) is 49.6 Å². The number of hydrogen-bond donors (Lipinski definition) is 1. The van der Waals surface area contributed by atoms with E-state index in [2.05, 4.69) is 10.3 Å². The average molecular weight is 462 g/mol. The minimum Gasteiger partial charge on any atom is -0.325 e. The van der Waals surface area contributed by atoms with Crippen molar-refractivity contribution in [2.24, 2.45) is 0 Å². The lowest BCUT2D eigenvalue weighted by Gasteiger charge is -2.26. The Kier molecular flexibility index (Phi) is 6.43. The van der Waals surface area contributed by atoms with E-state index in [1.165, 1.54) is 16.1 Å². The summed E-state index contributed by atoms with van der Waals surface area (Å²) in [7, 11) is -3.54. The number of amides is 1. The summed E-state index contributed by atoms with van der Waals surface area (Å²) in [5.41, 5.74) is 2.28. The number of thiazole rings is 1. The van der Waals surface area contributed by atoms with Gasteiger partial charge in [0.15, 0.2) is 4.34 Å². The van der Waals surface area contributed by atoms with Crippen molar-refractivity contribution in [2.75, 3.05) is 24.2 Å². The number of hydrogen-bond acceptors (Lipinski definition) is 6. The predicted molar refractivity (Wildman–Crippen MR) is 123 cm³/mol. The zero-order valence-electron chi connectivity index (χ0n) is 16.6. The third-order valence-corrected chi connectivity index (χ3v) is 9.11. The number of sulfonamides is 1. The van der Waals surface area contributed by atoms with Gasteiger partial charge in [-0.1, -0.05) is 36.4 Å². The zero-order chi connectivity index (χ0) is 21.1. The van der Waals surface area contributed by atoms with E-state index in [0.717, 1.165) is 39.4 Å². The normalized spacial score (nSPS) is 15.4. The molecule has 1 saturated heterocycles. The summed E-state index contributed by atoms with van der Waals surface area (Å²) in [6.07, 6.45) is 2.84. The minimum atomic E-state index is -3.54. The average Bonchev–Trinajstić information content (AvgIpc) is 3.17. The summed E-state index contributed by atoms with van der Waals surface area (Å²) in [6, 6.07) is 12.8. The number of thioether (sulfide) groups is 1. The number of nitrogens with zero attached hydrogens (tertiary/aromatic N) is 2. The van der Waals surface area contributed by atoms with Crippen molar-refractivity contribution in [3.63, 3.8) is 0 Å². The van der Waals surface area contributed by atoms with Gasteiger partial charge < -0.3 is 5.32 Å². The van der Waals surface area contributed by atoms with Gasteiger partial charge in [0, 0.05) is 18.8 Å². The molecule has 0 saturated carbocycles.